The molecule has 1 unspecified atom stereocenters. The highest BCUT2D eigenvalue weighted by atomic mass is 32.2. The van der Waals surface area contributed by atoms with Gasteiger partial charge in [0, 0.05) is 0 Å². The number of carbonyl (C=O) groups excluding carboxylic acids is 1. The van der Waals surface area contributed by atoms with Crippen molar-refractivity contribution in [1.29, 1.82) is 0 Å². The molecular formula is C11H14F3NO2S2. The van der Waals surface area contributed by atoms with E-state index in [4.69, 9.17) is 0 Å². The van der Waals surface area contributed by atoms with Crippen molar-refractivity contribution in [2.75, 3.05) is 18.1 Å². The van der Waals surface area contributed by atoms with E-state index in [2.05, 4.69) is 5.32 Å². The van der Waals surface area contributed by atoms with E-state index < -0.39 is 23.4 Å². The zero-order valence-corrected chi connectivity index (χ0v) is 11.8. The van der Waals surface area contributed by atoms with Crippen molar-refractivity contribution in [3.05, 3.63) is 22.4 Å². The Labute approximate surface area is 117 Å². The molecule has 1 rings (SSSR count). The Morgan fingerprint density at radius 1 is 1.53 bits per heavy atom. The molecule has 2 N–H and O–H groups in total. The SMILES string of the molecule is CC(O)(CNC(=O)CSCC(F)(F)F)c1ccsc1. The van der Waals surface area contributed by atoms with E-state index in [1.54, 1.807) is 16.8 Å². The number of thioether (sulfide) groups is 1. The van der Waals surface area contributed by atoms with Crippen LogP contribution >= 0.6 is 23.1 Å². The van der Waals surface area contributed by atoms with Crippen LogP contribution in [0.4, 0.5) is 13.2 Å². The van der Waals surface area contributed by atoms with E-state index >= 15 is 0 Å². The van der Waals surface area contributed by atoms with Crippen molar-refractivity contribution in [2.24, 2.45) is 0 Å². The summed E-state index contributed by atoms with van der Waals surface area (Å²) in [5.41, 5.74) is -0.551. The minimum absolute atomic E-state index is 0.0326. The first-order chi connectivity index (χ1) is 8.71. The lowest BCUT2D eigenvalue weighted by atomic mass is 9.99. The zero-order chi connectivity index (χ0) is 14.5. The topological polar surface area (TPSA) is 49.3 Å². The number of amides is 1. The third-order valence-corrected chi connectivity index (χ3v) is 3.95. The Morgan fingerprint density at radius 2 is 2.21 bits per heavy atom. The molecule has 1 aromatic rings. The molecule has 0 aliphatic rings. The van der Waals surface area contributed by atoms with Gasteiger partial charge in [0.1, 0.15) is 5.60 Å². The molecule has 0 radical (unpaired) electrons. The fourth-order valence-corrected chi connectivity index (χ4v) is 2.66. The molecule has 0 saturated heterocycles. The first-order valence-electron chi connectivity index (χ1n) is 5.37. The van der Waals surface area contributed by atoms with Gasteiger partial charge in [-0.3, -0.25) is 4.79 Å². The lowest BCUT2D eigenvalue weighted by molar-refractivity contribution is -0.119. The number of alkyl halides is 3. The second kappa shape index (κ2) is 6.62. The standard InChI is InChI=1S/C11H14F3NO2S2/c1-10(17,8-2-3-18-4-8)6-15-9(16)5-19-7-11(12,13)14/h2-4,17H,5-7H2,1H3,(H,15,16). The molecule has 3 nitrogen and oxygen atoms in total. The smallest absolute Gasteiger partial charge is 0.384 e. The molecule has 1 aromatic heterocycles. The summed E-state index contributed by atoms with van der Waals surface area (Å²) in [4.78, 5) is 11.3. The number of hydrogen-bond acceptors (Lipinski definition) is 4. The molecule has 1 heterocycles. The maximum absolute atomic E-state index is 11.9. The van der Waals surface area contributed by atoms with Crippen LogP contribution in [0.2, 0.25) is 0 Å². The van der Waals surface area contributed by atoms with Crippen molar-refractivity contribution >= 4 is 29.0 Å². The fourth-order valence-electron chi connectivity index (χ4n) is 1.25. The molecule has 0 saturated carbocycles. The van der Waals surface area contributed by atoms with Crippen molar-refractivity contribution in [2.45, 2.75) is 18.7 Å². The van der Waals surface area contributed by atoms with Crippen LogP contribution in [0.25, 0.3) is 0 Å². The van der Waals surface area contributed by atoms with E-state index in [0.29, 0.717) is 17.3 Å². The molecule has 8 heteroatoms. The van der Waals surface area contributed by atoms with Crippen LogP contribution in [0.15, 0.2) is 16.8 Å². The number of carbonyl (C=O) groups is 1. The number of rotatable bonds is 6. The number of aliphatic hydroxyl groups is 1. The quantitative estimate of drug-likeness (QED) is 0.848. The fraction of sp³-hybridized carbons (Fsp3) is 0.545. The summed E-state index contributed by atoms with van der Waals surface area (Å²) in [6, 6.07) is 1.73. The number of hydrogen-bond donors (Lipinski definition) is 2. The van der Waals surface area contributed by atoms with Gasteiger partial charge >= 0.3 is 6.18 Å². The number of halogens is 3. The van der Waals surface area contributed by atoms with Gasteiger partial charge in [0.15, 0.2) is 0 Å². The van der Waals surface area contributed by atoms with Gasteiger partial charge < -0.3 is 10.4 Å². The summed E-state index contributed by atoms with van der Waals surface area (Å²) in [7, 11) is 0. The van der Waals surface area contributed by atoms with E-state index in [1.165, 1.54) is 18.3 Å². The van der Waals surface area contributed by atoms with E-state index in [-0.39, 0.29) is 12.3 Å². The Hall–Kier alpha value is -0.730. The highest BCUT2D eigenvalue weighted by Gasteiger charge is 2.28. The van der Waals surface area contributed by atoms with Gasteiger partial charge in [0.2, 0.25) is 5.91 Å². The Bertz CT molecular complexity index is 405. The van der Waals surface area contributed by atoms with Crippen LogP contribution in [0.5, 0.6) is 0 Å². The predicted molar refractivity (Wildman–Crippen MR) is 70.3 cm³/mol. The second-order valence-electron chi connectivity index (χ2n) is 4.17. The number of nitrogens with one attached hydrogen (secondary N) is 1. The summed E-state index contributed by atoms with van der Waals surface area (Å²) in [6.45, 7) is 1.51. The maximum Gasteiger partial charge on any atom is 0.397 e. The van der Waals surface area contributed by atoms with Gasteiger partial charge in [-0.1, -0.05) is 0 Å². The first-order valence-corrected chi connectivity index (χ1v) is 7.47. The van der Waals surface area contributed by atoms with Crippen molar-refractivity contribution in [3.63, 3.8) is 0 Å². The van der Waals surface area contributed by atoms with Gasteiger partial charge in [0.25, 0.3) is 0 Å². The lowest BCUT2D eigenvalue weighted by Gasteiger charge is -2.22. The van der Waals surface area contributed by atoms with Gasteiger partial charge in [-0.15, -0.1) is 11.8 Å². The van der Waals surface area contributed by atoms with Crippen molar-refractivity contribution in [3.8, 4) is 0 Å². The van der Waals surface area contributed by atoms with E-state index in [0.717, 1.165) is 0 Å². The van der Waals surface area contributed by atoms with Crippen molar-refractivity contribution < 1.29 is 23.1 Å². The second-order valence-corrected chi connectivity index (χ2v) is 5.94. The number of thiophene rings is 1. The van der Waals surface area contributed by atoms with Gasteiger partial charge in [0.05, 0.1) is 18.1 Å². The minimum Gasteiger partial charge on any atom is -0.384 e. The monoisotopic (exact) mass is 313 g/mol. The third kappa shape index (κ3) is 6.31. The largest absolute Gasteiger partial charge is 0.397 e. The Morgan fingerprint density at radius 3 is 2.74 bits per heavy atom. The van der Waals surface area contributed by atoms with Gasteiger partial charge in [-0.25, -0.2) is 0 Å². The van der Waals surface area contributed by atoms with Crippen LogP contribution < -0.4 is 5.32 Å². The molecule has 0 fully saturated rings. The van der Waals surface area contributed by atoms with Gasteiger partial charge in [-0.05, 0) is 29.3 Å². The average molecular weight is 313 g/mol. The molecule has 0 aliphatic carbocycles. The summed E-state index contributed by atoms with van der Waals surface area (Å²) in [5, 5.41) is 16.1. The molecule has 108 valence electrons. The highest BCUT2D eigenvalue weighted by molar-refractivity contribution is 8.00. The molecule has 0 spiro atoms. The maximum atomic E-state index is 11.9. The summed E-state index contributed by atoms with van der Waals surface area (Å²) >= 11 is 1.92. The third-order valence-electron chi connectivity index (χ3n) is 2.27. The summed E-state index contributed by atoms with van der Waals surface area (Å²) in [5.74, 6) is -1.86. The zero-order valence-electron chi connectivity index (χ0n) is 10.2. The lowest BCUT2D eigenvalue weighted by Crippen LogP contribution is -2.39. The van der Waals surface area contributed by atoms with E-state index in [9.17, 15) is 23.1 Å². The normalized spacial score (nSPS) is 15.0. The molecule has 1 atom stereocenters. The van der Waals surface area contributed by atoms with Crippen LogP contribution in [0.3, 0.4) is 0 Å². The molecule has 19 heavy (non-hydrogen) atoms. The summed E-state index contributed by atoms with van der Waals surface area (Å²) < 4.78 is 35.6. The molecular weight excluding hydrogens is 299 g/mol. The molecule has 0 aliphatic heterocycles. The predicted octanol–water partition coefficient (Wildman–Crippen LogP) is 2.37. The van der Waals surface area contributed by atoms with E-state index in [1.807, 2.05) is 0 Å². The van der Waals surface area contributed by atoms with Crippen LogP contribution in [-0.4, -0.2) is 35.2 Å². The summed E-state index contributed by atoms with van der Waals surface area (Å²) in [6.07, 6.45) is -4.27. The Balaban J connectivity index is 2.30. The minimum atomic E-state index is -4.27. The average Bonchev–Trinajstić information content (AvgIpc) is 2.78. The first kappa shape index (κ1) is 16.3. The van der Waals surface area contributed by atoms with Crippen molar-refractivity contribution in [1.82, 2.24) is 5.32 Å². The molecule has 0 bridgehead atoms. The van der Waals surface area contributed by atoms with Gasteiger partial charge in [-0.2, -0.15) is 24.5 Å². The van der Waals surface area contributed by atoms with Crippen LogP contribution in [0.1, 0.15) is 12.5 Å². The highest BCUT2D eigenvalue weighted by Crippen LogP contribution is 2.23. The Kier molecular flexibility index (Phi) is 5.69. The van der Waals surface area contributed by atoms with Crippen LogP contribution in [0, 0.1) is 0 Å². The molecule has 1 amide bonds. The van der Waals surface area contributed by atoms with Crippen LogP contribution in [-0.2, 0) is 10.4 Å². The molecule has 0 aromatic carbocycles.